The largest absolute Gasteiger partial charge is 0.353 e. The van der Waals surface area contributed by atoms with Gasteiger partial charge < -0.3 is 5.32 Å². The summed E-state index contributed by atoms with van der Waals surface area (Å²) in [5, 5.41) is 3.10. The molecule has 1 aliphatic carbocycles. The Morgan fingerprint density at radius 1 is 1.00 bits per heavy atom. The summed E-state index contributed by atoms with van der Waals surface area (Å²) in [6.07, 6.45) is 5.24. The minimum Gasteiger partial charge on any atom is -0.353 e. The lowest BCUT2D eigenvalue weighted by Crippen LogP contribution is -2.35. The van der Waals surface area contributed by atoms with Crippen LogP contribution in [0.1, 0.15) is 55.4 Å². The maximum Gasteiger partial charge on any atom is 0.223 e. The van der Waals surface area contributed by atoms with Crippen LogP contribution in [0.2, 0.25) is 0 Å². The van der Waals surface area contributed by atoms with Crippen molar-refractivity contribution in [1.82, 2.24) is 5.32 Å². The molecular weight excluding hydrogens is 318 g/mol. The van der Waals surface area contributed by atoms with E-state index in [-0.39, 0.29) is 17.9 Å². The molecule has 3 rings (SSSR count). The number of rotatable bonds is 6. The zero-order valence-electron chi connectivity index (χ0n) is 15.7. The van der Waals surface area contributed by atoms with E-state index in [2.05, 4.69) is 79.5 Å². The van der Waals surface area contributed by atoms with Gasteiger partial charge in [-0.2, -0.15) is 0 Å². The molecule has 1 aliphatic rings. The van der Waals surface area contributed by atoms with Crippen molar-refractivity contribution in [2.75, 3.05) is 0 Å². The highest BCUT2D eigenvalue weighted by molar-refractivity contribution is 5.81. The third-order valence-electron chi connectivity index (χ3n) is 4.68. The normalized spacial score (nSPS) is 14.2. The maximum absolute atomic E-state index is 11.8. The quantitative estimate of drug-likeness (QED) is 0.768. The Hall–Kier alpha value is -2.53. The fourth-order valence-electron chi connectivity index (χ4n) is 3.02. The highest BCUT2D eigenvalue weighted by Crippen LogP contribution is 2.28. The Morgan fingerprint density at radius 3 is 2.04 bits per heavy atom. The Morgan fingerprint density at radius 2 is 1.54 bits per heavy atom. The van der Waals surface area contributed by atoms with Crippen LogP contribution in [0, 0.1) is 17.8 Å². The molecule has 0 saturated heterocycles. The lowest BCUT2D eigenvalue weighted by Gasteiger charge is -2.13. The molecule has 0 spiro atoms. The lowest BCUT2D eigenvalue weighted by atomic mass is 10.0. The molecule has 1 fully saturated rings. The summed E-state index contributed by atoms with van der Waals surface area (Å²) >= 11 is 0. The van der Waals surface area contributed by atoms with E-state index in [1.54, 1.807) is 0 Å². The Labute approximate surface area is 157 Å². The van der Waals surface area contributed by atoms with Crippen molar-refractivity contribution in [2.24, 2.45) is 5.92 Å². The number of amides is 1. The van der Waals surface area contributed by atoms with E-state index in [1.807, 2.05) is 0 Å². The van der Waals surface area contributed by atoms with Crippen LogP contribution in [0.3, 0.4) is 0 Å². The van der Waals surface area contributed by atoms with Gasteiger partial charge in [-0.1, -0.05) is 49.5 Å². The molecule has 2 heteroatoms. The van der Waals surface area contributed by atoms with E-state index in [4.69, 9.17) is 0 Å². The van der Waals surface area contributed by atoms with Gasteiger partial charge in [0.05, 0.1) is 0 Å². The monoisotopic (exact) mass is 345 g/mol. The number of hydrogen-bond acceptors (Lipinski definition) is 1. The molecule has 0 heterocycles. The van der Waals surface area contributed by atoms with E-state index in [1.165, 1.54) is 17.5 Å². The SMILES string of the molecule is CCCc1ccc(C#Cc2ccc(CC(C)NC(=O)C3CC3)cc2)cc1. The van der Waals surface area contributed by atoms with E-state index in [9.17, 15) is 4.79 Å². The Bertz CT molecular complexity index is 789. The average Bonchev–Trinajstić information content (AvgIpc) is 3.48. The maximum atomic E-state index is 11.8. The molecule has 0 aliphatic heterocycles. The fraction of sp³-hybridized carbons (Fsp3) is 0.375. The van der Waals surface area contributed by atoms with E-state index < -0.39 is 0 Å². The Kier molecular flexibility index (Phi) is 6.12. The van der Waals surface area contributed by atoms with Gasteiger partial charge >= 0.3 is 0 Å². The first-order valence-electron chi connectivity index (χ1n) is 9.64. The predicted octanol–water partition coefficient (Wildman–Crippen LogP) is 4.50. The van der Waals surface area contributed by atoms with Crippen molar-refractivity contribution in [1.29, 1.82) is 0 Å². The smallest absolute Gasteiger partial charge is 0.223 e. The molecule has 0 bridgehead atoms. The molecule has 1 saturated carbocycles. The molecule has 1 amide bonds. The molecule has 1 N–H and O–H groups in total. The summed E-state index contributed by atoms with van der Waals surface area (Å²) in [5.41, 5.74) is 4.65. The predicted molar refractivity (Wildman–Crippen MR) is 107 cm³/mol. The average molecular weight is 345 g/mol. The van der Waals surface area contributed by atoms with Crippen molar-refractivity contribution >= 4 is 5.91 Å². The standard InChI is InChI=1S/C24H27NO/c1-3-4-19-5-7-20(8-6-19)9-10-21-11-13-22(14-12-21)17-18(2)25-24(26)23-15-16-23/h5-8,11-14,18,23H,3-4,15-17H2,1-2H3,(H,25,26). The summed E-state index contributed by atoms with van der Waals surface area (Å²) in [6, 6.07) is 17.0. The van der Waals surface area contributed by atoms with Gasteiger partial charge in [0.15, 0.2) is 0 Å². The molecule has 0 radical (unpaired) electrons. The number of carbonyl (C=O) groups is 1. The van der Waals surface area contributed by atoms with Gasteiger partial charge in [-0.3, -0.25) is 4.79 Å². The number of hydrogen-bond donors (Lipinski definition) is 1. The van der Waals surface area contributed by atoms with Gasteiger partial charge in [0.1, 0.15) is 0 Å². The van der Waals surface area contributed by atoms with Crippen molar-refractivity contribution in [3.05, 3.63) is 70.8 Å². The molecule has 2 aromatic carbocycles. The highest BCUT2D eigenvalue weighted by atomic mass is 16.2. The van der Waals surface area contributed by atoms with Gasteiger partial charge in [-0.15, -0.1) is 0 Å². The first-order chi connectivity index (χ1) is 12.6. The van der Waals surface area contributed by atoms with Crippen LogP contribution in [-0.4, -0.2) is 11.9 Å². The van der Waals surface area contributed by atoms with Crippen LogP contribution < -0.4 is 5.32 Å². The van der Waals surface area contributed by atoms with Crippen LogP contribution in [0.15, 0.2) is 48.5 Å². The molecule has 0 aromatic heterocycles. The minimum absolute atomic E-state index is 0.168. The van der Waals surface area contributed by atoms with Crippen molar-refractivity contribution in [3.8, 4) is 11.8 Å². The molecule has 134 valence electrons. The summed E-state index contributed by atoms with van der Waals surface area (Å²) in [5.74, 6) is 6.94. The van der Waals surface area contributed by atoms with Gasteiger partial charge in [0, 0.05) is 23.1 Å². The van der Waals surface area contributed by atoms with Gasteiger partial charge in [0.2, 0.25) is 5.91 Å². The molecule has 1 unspecified atom stereocenters. The van der Waals surface area contributed by atoms with Gasteiger partial charge in [-0.05, 0) is 68.0 Å². The third kappa shape index (κ3) is 5.49. The topological polar surface area (TPSA) is 29.1 Å². The van der Waals surface area contributed by atoms with E-state index in [0.717, 1.165) is 36.8 Å². The number of aryl methyl sites for hydroxylation is 1. The fourth-order valence-corrected chi connectivity index (χ4v) is 3.02. The van der Waals surface area contributed by atoms with E-state index >= 15 is 0 Å². The molecule has 2 nitrogen and oxygen atoms in total. The molecule has 26 heavy (non-hydrogen) atoms. The van der Waals surface area contributed by atoms with Crippen molar-refractivity contribution < 1.29 is 4.79 Å². The van der Waals surface area contributed by atoms with Gasteiger partial charge in [0.25, 0.3) is 0 Å². The molecule has 1 atom stereocenters. The van der Waals surface area contributed by atoms with Crippen LogP contribution in [-0.2, 0) is 17.6 Å². The van der Waals surface area contributed by atoms with Crippen molar-refractivity contribution in [2.45, 2.75) is 52.0 Å². The lowest BCUT2D eigenvalue weighted by molar-refractivity contribution is -0.122. The highest BCUT2D eigenvalue weighted by Gasteiger charge is 2.30. The first-order valence-corrected chi connectivity index (χ1v) is 9.64. The minimum atomic E-state index is 0.168. The number of benzene rings is 2. The second-order valence-electron chi connectivity index (χ2n) is 7.28. The van der Waals surface area contributed by atoms with Crippen LogP contribution in [0.25, 0.3) is 0 Å². The van der Waals surface area contributed by atoms with Crippen LogP contribution >= 0.6 is 0 Å². The van der Waals surface area contributed by atoms with Crippen LogP contribution in [0.5, 0.6) is 0 Å². The summed E-state index contributed by atoms with van der Waals surface area (Å²) in [4.78, 5) is 11.8. The van der Waals surface area contributed by atoms with Crippen molar-refractivity contribution in [3.63, 3.8) is 0 Å². The number of carbonyl (C=O) groups excluding carboxylic acids is 1. The summed E-state index contributed by atoms with van der Waals surface area (Å²) in [7, 11) is 0. The zero-order valence-corrected chi connectivity index (χ0v) is 15.7. The summed E-state index contributed by atoms with van der Waals surface area (Å²) < 4.78 is 0. The van der Waals surface area contributed by atoms with Crippen LogP contribution in [0.4, 0.5) is 0 Å². The summed E-state index contributed by atoms with van der Waals surface area (Å²) in [6.45, 7) is 4.26. The second kappa shape index (κ2) is 8.72. The molecular formula is C24H27NO. The third-order valence-corrected chi connectivity index (χ3v) is 4.68. The molecule has 2 aromatic rings. The van der Waals surface area contributed by atoms with E-state index in [0.29, 0.717) is 0 Å². The Balaban J connectivity index is 1.55. The second-order valence-corrected chi connectivity index (χ2v) is 7.28. The van der Waals surface area contributed by atoms with Gasteiger partial charge in [-0.25, -0.2) is 0 Å². The number of nitrogens with one attached hydrogen (secondary N) is 1. The first kappa shape index (κ1) is 18.3. The zero-order chi connectivity index (χ0) is 18.4.